The summed E-state index contributed by atoms with van der Waals surface area (Å²) < 4.78 is 0. The lowest BCUT2D eigenvalue weighted by Gasteiger charge is -2.36. The SMILES string of the molecule is CNC(CCN1CCC(C)C(C)C1)c1ccc(C)cc1. The fourth-order valence-electron chi connectivity index (χ4n) is 3.14. The minimum atomic E-state index is 0.477. The maximum Gasteiger partial charge on any atom is 0.0329 e. The van der Waals surface area contributed by atoms with Crippen LogP contribution in [0.4, 0.5) is 0 Å². The fourth-order valence-corrected chi connectivity index (χ4v) is 3.14. The van der Waals surface area contributed by atoms with Crippen LogP contribution in [0.3, 0.4) is 0 Å². The van der Waals surface area contributed by atoms with Gasteiger partial charge < -0.3 is 10.2 Å². The summed E-state index contributed by atoms with van der Waals surface area (Å²) in [5, 5.41) is 3.47. The van der Waals surface area contributed by atoms with Crippen LogP contribution in [0, 0.1) is 18.8 Å². The van der Waals surface area contributed by atoms with Crippen LogP contribution in [0.2, 0.25) is 0 Å². The summed E-state index contributed by atoms with van der Waals surface area (Å²) in [5.74, 6) is 1.74. The van der Waals surface area contributed by atoms with E-state index in [2.05, 4.69) is 62.3 Å². The van der Waals surface area contributed by atoms with Crippen molar-refractivity contribution in [2.45, 2.75) is 39.7 Å². The number of aryl methyl sites for hydroxylation is 1. The number of benzene rings is 1. The van der Waals surface area contributed by atoms with Gasteiger partial charge in [-0.25, -0.2) is 0 Å². The van der Waals surface area contributed by atoms with Gasteiger partial charge in [0.1, 0.15) is 0 Å². The number of hydrogen-bond acceptors (Lipinski definition) is 2. The maximum absolute atomic E-state index is 3.47. The molecular formula is C18H30N2. The molecule has 1 N–H and O–H groups in total. The highest BCUT2D eigenvalue weighted by atomic mass is 15.1. The second-order valence-corrected chi connectivity index (χ2v) is 6.58. The van der Waals surface area contributed by atoms with Crippen LogP contribution >= 0.6 is 0 Å². The predicted octanol–water partition coefficient (Wildman–Crippen LogP) is 3.62. The number of rotatable bonds is 5. The second kappa shape index (κ2) is 7.24. The average Bonchev–Trinajstić information content (AvgIpc) is 2.45. The van der Waals surface area contributed by atoms with Crippen LogP contribution in [-0.2, 0) is 0 Å². The standard InChI is InChI=1S/C18H30N2/c1-14-5-7-17(8-6-14)18(19-4)10-12-20-11-9-15(2)16(3)13-20/h5-8,15-16,18-19H,9-13H2,1-4H3. The van der Waals surface area contributed by atoms with Crippen molar-refractivity contribution in [1.29, 1.82) is 0 Å². The van der Waals surface area contributed by atoms with Gasteiger partial charge in [0.2, 0.25) is 0 Å². The molecule has 0 spiro atoms. The summed E-state index contributed by atoms with van der Waals surface area (Å²) in [5.41, 5.74) is 2.75. The molecule has 1 aromatic rings. The molecule has 3 unspecified atom stereocenters. The minimum absolute atomic E-state index is 0.477. The van der Waals surface area contributed by atoms with Gasteiger partial charge in [-0.2, -0.15) is 0 Å². The Balaban J connectivity index is 1.86. The van der Waals surface area contributed by atoms with Gasteiger partial charge in [-0.05, 0) is 57.3 Å². The van der Waals surface area contributed by atoms with E-state index in [1.54, 1.807) is 0 Å². The Labute approximate surface area is 124 Å². The molecule has 1 fully saturated rings. The molecule has 2 rings (SSSR count). The minimum Gasteiger partial charge on any atom is -0.313 e. The van der Waals surface area contributed by atoms with Gasteiger partial charge in [-0.15, -0.1) is 0 Å². The van der Waals surface area contributed by atoms with E-state index in [1.807, 2.05) is 0 Å². The van der Waals surface area contributed by atoms with Crippen LogP contribution < -0.4 is 5.32 Å². The van der Waals surface area contributed by atoms with E-state index < -0.39 is 0 Å². The Kier molecular flexibility index (Phi) is 5.62. The highest BCUT2D eigenvalue weighted by Gasteiger charge is 2.23. The fraction of sp³-hybridized carbons (Fsp3) is 0.667. The van der Waals surface area contributed by atoms with Crippen LogP contribution in [0.1, 0.15) is 43.9 Å². The number of hydrogen-bond donors (Lipinski definition) is 1. The van der Waals surface area contributed by atoms with E-state index in [4.69, 9.17) is 0 Å². The van der Waals surface area contributed by atoms with Crippen molar-refractivity contribution in [2.24, 2.45) is 11.8 Å². The van der Waals surface area contributed by atoms with E-state index in [9.17, 15) is 0 Å². The van der Waals surface area contributed by atoms with Gasteiger partial charge in [0, 0.05) is 12.6 Å². The van der Waals surface area contributed by atoms with Crippen LogP contribution in [0.15, 0.2) is 24.3 Å². The number of nitrogens with zero attached hydrogens (tertiary/aromatic N) is 1. The summed E-state index contributed by atoms with van der Waals surface area (Å²) >= 11 is 0. The monoisotopic (exact) mass is 274 g/mol. The van der Waals surface area contributed by atoms with Crippen LogP contribution in [-0.4, -0.2) is 31.6 Å². The first kappa shape index (κ1) is 15.5. The first-order valence-corrected chi connectivity index (χ1v) is 8.06. The number of piperidine rings is 1. The van der Waals surface area contributed by atoms with Crippen molar-refractivity contribution in [2.75, 3.05) is 26.7 Å². The second-order valence-electron chi connectivity index (χ2n) is 6.58. The van der Waals surface area contributed by atoms with E-state index in [1.165, 1.54) is 43.6 Å². The molecule has 1 heterocycles. The van der Waals surface area contributed by atoms with E-state index in [0.717, 1.165) is 11.8 Å². The summed E-state index contributed by atoms with van der Waals surface area (Å²) in [6.45, 7) is 10.7. The van der Waals surface area contributed by atoms with E-state index in [0.29, 0.717) is 6.04 Å². The van der Waals surface area contributed by atoms with Gasteiger partial charge in [0.25, 0.3) is 0 Å². The Morgan fingerprint density at radius 2 is 1.90 bits per heavy atom. The van der Waals surface area contributed by atoms with Crippen molar-refractivity contribution >= 4 is 0 Å². The molecule has 0 bridgehead atoms. The molecule has 2 heteroatoms. The smallest absolute Gasteiger partial charge is 0.0329 e. The molecule has 1 saturated heterocycles. The maximum atomic E-state index is 3.47. The summed E-state index contributed by atoms with van der Waals surface area (Å²) in [4.78, 5) is 2.64. The van der Waals surface area contributed by atoms with Gasteiger partial charge >= 0.3 is 0 Å². The van der Waals surface area contributed by atoms with Crippen molar-refractivity contribution in [1.82, 2.24) is 10.2 Å². The first-order chi connectivity index (χ1) is 9.60. The van der Waals surface area contributed by atoms with Gasteiger partial charge in [0.05, 0.1) is 0 Å². The topological polar surface area (TPSA) is 15.3 Å². The van der Waals surface area contributed by atoms with Crippen LogP contribution in [0.25, 0.3) is 0 Å². The largest absolute Gasteiger partial charge is 0.313 e. The summed E-state index contributed by atoms with van der Waals surface area (Å²) in [7, 11) is 2.07. The zero-order chi connectivity index (χ0) is 14.5. The molecule has 20 heavy (non-hydrogen) atoms. The Morgan fingerprint density at radius 1 is 1.20 bits per heavy atom. The van der Waals surface area contributed by atoms with Crippen molar-refractivity contribution in [3.63, 3.8) is 0 Å². The van der Waals surface area contributed by atoms with Crippen molar-refractivity contribution < 1.29 is 0 Å². The van der Waals surface area contributed by atoms with E-state index >= 15 is 0 Å². The Morgan fingerprint density at radius 3 is 2.50 bits per heavy atom. The average molecular weight is 274 g/mol. The molecule has 0 aromatic heterocycles. The Hall–Kier alpha value is -0.860. The molecule has 0 saturated carbocycles. The highest BCUT2D eigenvalue weighted by Crippen LogP contribution is 2.24. The third-order valence-corrected chi connectivity index (χ3v) is 4.98. The first-order valence-electron chi connectivity index (χ1n) is 8.06. The van der Waals surface area contributed by atoms with E-state index in [-0.39, 0.29) is 0 Å². The van der Waals surface area contributed by atoms with Gasteiger partial charge in [-0.3, -0.25) is 0 Å². The lowest BCUT2D eigenvalue weighted by molar-refractivity contribution is 0.134. The molecule has 112 valence electrons. The van der Waals surface area contributed by atoms with Gasteiger partial charge in [0.15, 0.2) is 0 Å². The number of nitrogens with one attached hydrogen (secondary N) is 1. The molecule has 0 amide bonds. The van der Waals surface area contributed by atoms with Crippen LogP contribution in [0.5, 0.6) is 0 Å². The quantitative estimate of drug-likeness (QED) is 0.882. The number of likely N-dealkylation sites (tertiary alicyclic amines) is 1. The zero-order valence-corrected chi connectivity index (χ0v) is 13.5. The predicted molar refractivity (Wildman–Crippen MR) is 87.0 cm³/mol. The summed E-state index contributed by atoms with van der Waals surface area (Å²) in [6.07, 6.45) is 2.55. The zero-order valence-electron chi connectivity index (χ0n) is 13.5. The molecule has 0 radical (unpaired) electrons. The third kappa shape index (κ3) is 4.07. The van der Waals surface area contributed by atoms with Crippen molar-refractivity contribution in [3.05, 3.63) is 35.4 Å². The molecule has 1 aromatic carbocycles. The molecule has 1 aliphatic rings. The lowest BCUT2D eigenvalue weighted by atomic mass is 9.88. The van der Waals surface area contributed by atoms with Gasteiger partial charge in [-0.1, -0.05) is 43.7 Å². The molecule has 3 atom stereocenters. The highest BCUT2D eigenvalue weighted by molar-refractivity contribution is 5.24. The van der Waals surface area contributed by atoms with Crippen molar-refractivity contribution in [3.8, 4) is 0 Å². The molecule has 0 aliphatic carbocycles. The third-order valence-electron chi connectivity index (χ3n) is 4.98. The lowest BCUT2D eigenvalue weighted by Crippen LogP contribution is -2.39. The summed E-state index contributed by atoms with van der Waals surface area (Å²) in [6, 6.07) is 9.42. The molecule has 2 nitrogen and oxygen atoms in total. The Bertz CT molecular complexity index is 398. The molecule has 1 aliphatic heterocycles. The normalized spacial score (nSPS) is 25.6. The molecular weight excluding hydrogens is 244 g/mol.